The highest BCUT2D eigenvalue weighted by atomic mass is 16.5. The summed E-state index contributed by atoms with van der Waals surface area (Å²) in [5.41, 5.74) is 1.13. The minimum absolute atomic E-state index is 0.00918. The molecule has 0 spiro atoms. The number of imidazole rings is 1. The van der Waals surface area contributed by atoms with E-state index in [1.807, 2.05) is 0 Å². The number of fused-ring (bicyclic) bond motifs is 1. The molecular weight excluding hydrogens is 262 g/mol. The van der Waals surface area contributed by atoms with Crippen LogP contribution in [0.4, 0.5) is 5.82 Å². The fourth-order valence-corrected chi connectivity index (χ4v) is 2.35. The smallest absolute Gasteiger partial charge is 0.222 e. The van der Waals surface area contributed by atoms with Gasteiger partial charge in [0.05, 0.1) is 19.0 Å². The number of carbonyl (C=O) groups is 1. The summed E-state index contributed by atoms with van der Waals surface area (Å²) in [6.45, 7) is 1.42. The Hall–Kier alpha value is -2.06. The molecule has 0 unspecified atom stereocenters. The Morgan fingerprint density at radius 3 is 3.05 bits per heavy atom. The number of aromatic nitrogens is 4. The summed E-state index contributed by atoms with van der Waals surface area (Å²) >= 11 is 0. The second kappa shape index (κ2) is 5.14. The molecule has 2 aromatic heterocycles. The zero-order valence-electron chi connectivity index (χ0n) is 11.0. The maximum Gasteiger partial charge on any atom is 0.222 e. The number of amides is 1. The number of ether oxygens (including phenoxy) is 1. The minimum Gasteiger partial charge on any atom is -0.394 e. The van der Waals surface area contributed by atoms with E-state index in [1.165, 1.54) is 13.3 Å². The van der Waals surface area contributed by atoms with Crippen molar-refractivity contribution in [2.45, 2.75) is 32.1 Å². The number of carbonyl (C=O) groups excluding carboxylic acids is 1. The molecule has 1 aliphatic rings. The van der Waals surface area contributed by atoms with Crippen molar-refractivity contribution in [2.75, 3.05) is 11.9 Å². The highest BCUT2D eigenvalue weighted by Gasteiger charge is 2.27. The van der Waals surface area contributed by atoms with E-state index in [4.69, 9.17) is 9.84 Å². The van der Waals surface area contributed by atoms with Crippen LogP contribution in [0.25, 0.3) is 11.2 Å². The van der Waals surface area contributed by atoms with Gasteiger partial charge in [-0.15, -0.1) is 0 Å². The molecule has 0 radical (unpaired) electrons. The summed E-state index contributed by atoms with van der Waals surface area (Å²) in [7, 11) is 0. The van der Waals surface area contributed by atoms with Gasteiger partial charge in [0, 0.05) is 6.92 Å². The van der Waals surface area contributed by atoms with Crippen molar-refractivity contribution in [1.82, 2.24) is 19.5 Å². The normalized spacial score (nSPS) is 22.3. The van der Waals surface area contributed by atoms with E-state index >= 15 is 0 Å². The van der Waals surface area contributed by atoms with Crippen molar-refractivity contribution in [3.05, 3.63) is 12.7 Å². The van der Waals surface area contributed by atoms with Gasteiger partial charge in [0.25, 0.3) is 0 Å². The second-order valence-electron chi connectivity index (χ2n) is 4.70. The zero-order valence-corrected chi connectivity index (χ0v) is 11.0. The molecule has 0 bridgehead atoms. The number of nitrogens with zero attached hydrogens (tertiary/aromatic N) is 4. The molecule has 20 heavy (non-hydrogen) atoms. The van der Waals surface area contributed by atoms with Gasteiger partial charge in [-0.3, -0.25) is 9.36 Å². The number of anilines is 1. The lowest BCUT2D eigenvalue weighted by atomic mass is 10.2. The lowest BCUT2D eigenvalue weighted by molar-refractivity contribution is -0.114. The van der Waals surface area contributed by atoms with Gasteiger partial charge in [-0.1, -0.05) is 0 Å². The summed E-state index contributed by atoms with van der Waals surface area (Å²) in [5, 5.41) is 11.7. The molecule has 3 rings (SSSR count). The predicted octanol–water partition coefficient (Wildman–Crippen LogP) is 0.455. The summed E-state index contributed by atoms with van der Waals surface area (Å²) in [6.07, 6.45) is 4.24. The van der Waals surface area contributed by atoms with E-state index in [2.05, 4.69) is 20.3 Å². The average molecular weight is 277 g/mol. The first-order valence-corrected chi connectivity index (χ1v) is 6.40. The Balaban J connectivity index is 1.96. The number of hydrogen-bond acceptors (Lipinski definition) is 6. The minimum atomic E-state index is -0.211. The van der Waals surface area contributed by atoms with Gasteiger partial charge in [0.2, 0.25) is 5.91 Å². The van der Waals surface area contributed by atoms with E-state index in [0.29, 0.717) is 17.0 Å². The Morgan fingerprint density at radius 1 is 1.50 bits per heavy atom. The van der Waals surface area contributed by atoms with Crippen LogP contribution in [-0.2, 0) is 9.53 Å². The maximum atomic E-state index is 11.1. The number of nitrogens with one attached hydrogen (secondary N) is 1. The Labute approximate surface area is 114 Å². The molecule has 1 amide bonds. The van der Waals surface area contributed by atoms with Gasteiger partial charge < -0.3 is 15.2 Å². The van der Waals surface area contributed by atoms with Crippen LogP contribution in [0, 0.1) is 0 Å². The predicted molar refractivity (Wildman–Crippen MR) is 69.9 cm³/mol. The van der Waals surface area contributed by atoms with Crippen LogP contribution < -0.4 is 5.32 Å². The lowest BCUT2D eigenvalue weighted by Crippen LogP contribution is -2.14. The summed E-state index contributed by atoms with van der Waals surface area (Å²) < 4.78 is 7.51. The molecule has 3 heterocycles. The first-order chi connectivity index (χ1) is 9.69. The van der Waals surface area contributed by atoms with Crippen molar-refractivity contribution in [3.63, 3.8) is 0 Å². The van der Waals surface area contributed by atoms with Crippen LogP contribution in [0.15, 0.2) is 12.7 Å². The van der Waals surface area contributed by atoms with Crippen molar-refractivity contribution in [3.8, 4) is 0 Å². The molecular formula is C12H15N5O3. The van der Waals surface area contributed by atoms with Crippen LogP contribution in [0.2, 0.25) is 0 Å². The van der Waals surface area contributed by atoms with Crippen molar-refractivity contribution in [2.24, 2.45) is 0 Å². The van der Waals surface area contributed by atoms with Gasteiger partial charge >= 0.3 is 0 Å². The van der Waals surface area contributed by atoms with E-state index in [0.717, 1.165) is 12.8 Å². The highest BCUT2D eigenvalue weighted by molar-refractivity contribution is 5.95. The first kappa shape index (κ1) is 12.9. The molecule has 0 saturated carbocycles. The van der Waals surface area contributed by atoms with Gasteiger partial charge in [-0.05, 0) is 12.8 Å². The molecule has 8 nitrogen and oxygen atoms in total. The van der Waals surface area contributed by atoms with E-state index in [-0.39, 0.29) is 24.8 Å². The highest BCUT2D eigenvalue weighted by Crippen LogP contribution is 2.30. The van der Waals surface area contributed by atoms with E-state index in [9.17, 15) is 4.79 Å². The van der Waals surface area contributed by atoms with Crippen LogP contribution in [0.1, 0.15) is 26.0 Å². The number of hydrogen-bond donors (Lipinski definition) is 2. The molecule has 2 N–H and O–H groups in total. The molecule has 8 heteroatoms. The fourth-order valence-electron chi connectivity index (χ4n) is 2.35. The van der Waals surface area contributed by atoms with Gasteiger partial charge in [-0.2, -0.15) is 0 Å². The van der Waals surface area contributed by atoms with Crippen molar-refractivity contribution >= 4 is 22.9 Å². The topological polar surface area (TPSA) is 102 Å². The summed E-state index contributed by atoms with van der Waals surface area (Å²) in [6, 6.07) is 0. The molecule has 1 fully saturated rings. The van der Waals surface area contributed by atoms with Crippen LogP contribution in [-0.4, -0.2) is 43.2 Å². The number of aliphatic hydroxyl groups is 1. The third kappa shape index (κ3) is 2.23. The largest absolute Gasteiger partial charge is 0.394 e. The van der Waals surface area contributed by atoms with Gasteiger partial charge in [-0.25, -0.2) is 15.0 Å². The van der Waals surface area contributed by atoms with Crippen molar-refractivity contribution in [1.29, 1.82) is 0 Å². The van der Waals surface area contributed by atoms with Crippen LogP contribution in [0.5, 0.6) is 0 Å². The molecule has 2 atom stereocenters. The third-order valence-corrected chi connectivity index (χ3v) is 3.25. The average Bonchev–Trinajstić information content (AvgIpc) is 3.04. The Bertz CT molecular complexity index is 641. The quantitative estimate of drug-likeness (QED) is 0.844. The van der Waals surface area contributed by atoms with Crippen LogP contribution in [0.3, 0.4) is 0 Å². The SMILES string of the molecule is CC(=O)Nc1ncnc2c1ncn2[C@H]1CC[C@@H](CO)O1. The number of rotatable bonds is 3. The third-order valence-electron chi connectivity index (χ3n) is 3.25. The molecule has 2 aromatic rings. The molecule has 0 aromatic carbocycles. The molecule has 1 saturated heterocycles. The van der Waals surface area contributed by atoms with Crippen LogP contribution >= 0.6 is 0 Å². The first-order valence-electron chi connectivity index (χ1n) is 6.40. The second-order valence-corrected chi connectivity index (χ2v) is 4.70. The lowest BCUT2D eigenvalue weighted by Gasteiger charge is -2.13. The number of aliphatic hydroxyl groups excluding tert-OH is 1. The monoisotopic (exact) mass is 277 g/mol. The van der Waals surface area contributed by atoms with E-state index in [1.54, 1.807) is 10.9 Å². The van der Waals surface area contributed by atoms with Gasteiger partial charge in [0.1, 0.15) is 12.6 Å². The molecule has 0 aliphatic carbocycles. The Morgan fingerprint density at radius 2 is 2.35 bits per heavy atom. The van der Waals surface area contributed by atoms with Crippen molar-refractivity contribution < 1.29 is 14.6 Å². The standard InChI is InChI=1S/C12H15N5O3/c1-7(19)16-11-10-12(14-5-13-11)17(6-15-10)9-3-2-8(4-18)20-9/h5-6,8-9,18H,2-4H2,1H3,(H,13,14,16,19)/t8-,9+/m0/s1. The van der Waals surface area contributed by atoms with E-state index < -0.39 is 0 Å². The fraction of sp³-hybridized carbons (Fsp3) is 0.500. The van der Waals surface area contributed by atoms with Gasteiger partial charge in [0.15, 0.2) is 17.0 Å². The summed E-state index contributed by atoms with van der Waals surface area (Å²) in [4.78, 5) is 23.6. The zero-order chi connectivity index (χ0) is 14.1. The Kier molecular flexibility index (Phi) is 3.33. The maximum absolute atomic E-state index is 11.1. The molecule has 106 valence electrons. The molecule has 1 aliphatic heterocycles. The summed E-state index contributed by atoms with van der Waals surface area (Å²) in [5.74, 6) is 0.176.